The molecule has 15 heavy (non-hydrogen) atoms. The topological polar surface area (TPSA) is 41.8 Å². The quantitative estimate of drug-likeness (QED) is 0.527. The van der Waals surface area contributed by atoms with Crippen LogP contribution in [0.25, 0.3) is 0 Å². The van der Waals surface area contributed by atoms with Gasteiger partial charge in [-0.1, -0.05) is 13.0 Å². The van der Waals surface area contributed by atoms with Crippen molar-refractivity contribution in [1.82, 2.24) is 0 Å². The Kier molecular flexibility index (Phi) is 3.34. The number of hydrogen-bond donors (Lipinski definition) is 0. The molecule has 0 saturated heterocycles. The Morgan fingerprint density at radius 2 is 2.27 bits per heavy atom. The van der Waals surface area contributed by atoms with Crippen molar-refractivity contribution < 1.29 is 4.57 Å². The molecule has 0 aliphatic carbocycles. The molecule has 1 aliphatic rings. The standard InChI is InChI=1S/C11H19N2OP/c1-9-7-6-8-10(15(4,5)14)13-11(9,2)12-3/h6,8-9H,3,7H2,1-2,4-5H3/t9?,11-/m1/s1. The highest BCUT2D eigenvalue weighted by atomic mass is 31.2. The van der Waals surface area contributed by atoms with Crippen molar-refractivity contribution in [2.24, 2.45) is 15.9 Å². The first kappa shape index (κ1) is 12.4. The largest absolute Gasteiger partial charge is 0.318 e. The maximum atomic E-state index is 12.0. The third kappa shape index (κ3) is 2.66. The van der Waals surface area contributed by atoms with Gasteiger partial charge in [-0.25, -0.2) is 0 Å². The van der Waals surface area contributed by atoms with Crippen LogP contribution in [0.5, 0.6) is 0 Å². The Balaban J connectivity index is 3.22. The maximum Gasteiger partial charge on any atom is 0.150 e. The normalized spacial score (nSPS) is 32.0. The summed E-state index contributed by atoms with van der Waals surface area (Å²) in [7, 11) is -2.31. The van der Waals surface area contributed by atoms with Crippen molar-refractivity contribution in [1.29, 1.82) is 0 Å². The van der Waals surface area contributed by atoms with Crippen molar-refractivity contribution in [2.45, 2.75) is 25.9 Å². The summed E-state index contributed by atoms with van der Waals surface area (Å²) in [5, 5.41) is 0. The Labute approximate surface area is 91.8 Å². The molecule has 1 heterocycles. The monoisotopic (exact) mass is 226 g/mol. The van der Waals surface area contributed by atoms with E-state index in [0.29, 0.717) is 5.45 Å². The van der Waals surface area contributed by atoms with Crippen LogP contribution in [0.4, 0.5) is 0 Å². The fourth-order valence-electron chi connectivity index (χ4n) is 1.47. The van der Waals surface area contributed by atoms with E-state index in [2.05, 4.69) is 23.6 Å². The molecular weight excluding hydrogens is 207 g/mol. The number of rotatable bonds is 2. The number of nitrogens with zero attached hydrogens (tertiary/aromatic N) is 2. The zero-order valence-corrected chi connectivity index (χ0v) is 10.8. The van der Waals surface area contributed by atoms with Gasteiger partial charge >= 0.3 is 0 Å². The van der Waals surface area contributed by atoms with Crippen LogP contribution in [0.1, 0.15) is 20.3 Å². The molecular formula is C11H19N2OP. The van der Waals surface area contributed by atoms with E-state index < -0.39 is 12.8 Å². The lowest BCUT2D eigenvalue weighted by Gasteiger charge is -2.26. The predicted octanol–water partition coefficient (Wildman–Crippen LogP) is 3.02. The van der Waals surface area contributed by atoms with E-state index in [0.717, 1.165) is 6.42 Å². The van der Waals surface area contributed by atoms with Gasteiger partial charge < -0.3 is 4.57 Å². The van der Waals surface area contributed by atoms with Gasteiger partial charge in [-0.3, -0.25) is 9.98 Å². The Bertz CT molecular complexity index is 367. The SMILES string of the molecule is C=N[C@]1(C)N=C(P(C)(C)=O)C=CCC1C. The van der Waals surface area contributed by atoms with E-state index in [1.165, 1.54) is 0 Å². The second-order valence-electron chi connectivity index (χ2n) is 4.61. The van der Waals surface area contributed by atoms with Crippen molar-refractivity contribution in [3.8, 4) is 0 Å². The minimum absolute atomic E-state index is 0.287. The first-order chi connectivity index (χ1) is 6.79. The summed E-state index contributed by atoms with van der Waals surface area (Å²) < 4.78 is 12.0. The van der Waals surface area contributed by atoms with Crippen molar-refractivity contribution in [2.75, 3.05) is 13.3 Å². The first-order valence-corrected chi connectivity index (χ1v) is 7.69. The molecule has 0 aromatic rings. The molecule has 0 fully saturated rings. The fraction of sp³-hybridized carbons (Fsp3) is 0.636. The molecule has 0 bridgehead atoms. The van der Waals surface area contributed by atoms with Gasteiger partial charge in [-0.15, -0.1) is 0 Å². The summed E-state index contributed by atoms with van der Waals surface area (Å²) >= 11 is 0. The molecule has 4 heteroatoms. The Morgan fingerprint density at radius 3 is 2.73 bits per heavy atom. The minimum atomic E-state index is -2.31. The molecule has 0 radical (unpaired) electrons. The van der Waals surface area contributed by atoms with E-state index in [9.17, 15) is 4.57 Å². The summed E-state index contributed by atoms with van der Waals surface area (Å²) in [5.41, 5.74) is 0.127. The molecule has 0 N–H and O–H groups in total. The van der Waals surface area contributed by atoms with Crippen LogP contribution in [0.3, 0.4) is 0 Å². The smallest absolute Gasteiger partial charge is 0.150 e. The van der Waals surface area contributed by atoms with E-state index in [-0.39, 0.29) is 5.92 Å². The van der Waals surface area contributed by atoms with Gasteiger partial charge in [0.1, 0.15) is 12.8 Å². The number of aliphatic imine (C=N–C) groups is 2. The van der Waals surface area contributed by atoms with Gasteiger partial charge in [0.25, 0.3) is 0 Å². The molecule has 2 atom stereocenters. The van der Waals surface area contributed by atoms with E-state index in [4.69, 9.17) is 0 Å². The van der Waals surface area contributed by atoms with Crippen molar-refractivity contribution in [3.05, 3.63) is 12.2 Å². The highest BCUT2D eigenvalue weighted by Gasteiger charge is 2.32. The van der Waals surface area contributed by atoms with E-state index in [1.54, 1.807) is 13.3 Å². The van der Waals surface area contributed by atoms with E-state index in [1.807, 2.05) is 19.1 Å². The van der Waals surface area contributed by atoms with Crippen LogP contribution in [0.2, 0.25) is 0 Å². The zero-order valence-electron chi connectivity index (χ0n) is 9.90. The molecule has 0 amide bonds. The van der Waals surface area contributed by atoms with Crippen molar-refractivity contribution in [3.63, 3.8) is 0 Å². The van der Waals surface area contributed by atoms with Gasteiger partial charge in [0.2, 0.25) is 0 Å². The molecule has 1 rings (SSSR count). The summed E-state index contributed by atoms with van der Waals surface area (Å²) in [5.74, 6) is 0.287. The second kappa shape index (κ2) is 4.05. The lowest BCUT2D eigenvalue weighted by atomic mass is 9.94. The van der Waals surface area contributed by atoms with Crippen LogP contribution in [0, 0.1) is 5.92 Å². The fourth-order valence-corrected chi connectivity index (χ4v) is 2.38. The number of hydrogen-bond acceptors (Lipinski definition) is 3. The summed E-state index contributed by atoms with van der Waals surface area (Å²) in [6.07, 6.45) is 4.79. The Morgan fingerprint density at radius 1 is 1.67 bits per heavy atom. The lowest BCUT2D eigenvalue weighted by molar-refractivity contribution is 0.341. The van der Waals surface area contributed by atoms with Gasteiger partial charge in [0.05, 0.1) is 5.45 Å². The summed E-state index contributed by atoms with van der Waals surface area (Å²) in [4.78, 5) is 8.60. The van der Waals surface area contributed by atoms with Crippen LogP contribution < -0.4 is 0 Å². The molecule has 0 aromatic carbocycles. The van der Waals surface area contributed by atoms with Gasteiger partial charge in [-0.05, 0) is 39.5 Å². The highest BCUT2D eigenvalue weighted by molar-refractivity contribution is 7.80. The van der Waals surface area contributed by atoms with Crippen molar-refractivity contribution >= 4 is 19.3 Å². The Hall–Kier alpha value is -0.690. The van der Waals surface area contributed by atoms with Crippen LogP contribution in [-0.4, -0.2) is 31.2 Å². The molecule has 0 saturated carbocycles. The molecule has 0 spiro atoms. The lowest BCUT2D eigenvalue weighted by Crippen LogP contribution is -2.28. The first-order valence-electron chi connectivity index (χ1n) is 5.09. The van der Waals surface area contributed by atoms with Crippen LogP contribution in [-0.2, 0) is 4.57 Å². The van der Waals surface area contributed by atoms with Gasteiger partial charge in [-0.2, -0.15) is 0 Å². The molecule has 1 aliphatic heterocycles. The molecule has 84 valence electrons. The van der Waals surface area contributed by atoms with E-state index >= 15 is 0 Å². The maximum absolute atomic E-state index is 12.0. The van der Waals surface area contributed by atoms with Crippen LogP contribution >= 0.6 is 7.14 Å². The second-order valence-corrected chi connectivity index (χ2v) is 7.77. The summed E-state index contributed by atoms with van der Waals surface area (Å²) in [6.45, 7) is 11.1. The predicted molar refractivity (Wildman–Crippen MR) is 67.8 cm³/mol. The van der Waals surface area contributed by atoms with Gasteiger partial charge in [0, 0.05) is 5.92 Å². The average Bonchev–Trinajstić information content (AvgIpc) is 2.27. The van der Waals surface area contributed by atoms with Crippen LogP contribution in [0.15, 0.2) is 22.1 Å². The molecule has 0 aromatic heterocycles. The third-order valence-corrected chi connectivity index (χ3v) is 4.26. The third-order valence-electron chi connectivity index (χ3n) is 2.90. The zero-order chi connectivity index (χ0) is 11.7. The number of allylic oxidation sites excluding steroid dienone is 2. The minimum Gasteiger partial charge on any atom is -0.318 e. The molecule has 3 nitrogen and oxygen atoms in total. The summed E-state index contributed by atoms with van der Waals surface area (Å²) in [6, 6.07) is 0. The average molecular weight is 226 g/mol. The highest BCUT2D eigenvalue weighted by Crippen LogP contribution is 2.42. The van der Waals surface area contributed by atoms with Gasteiger partial charge in [0.15, 0.2) is 0 Å². The molecule has 1 unspecified atom stereocenters.